The van der Waals surface area contributed by atoms with Crippen molar-refractivity contribution in [1.82, 2.24) is 24.9 Å². The molecule has 5 rings (SSSR count). The molecule has 1 aliphatic heterocycles. The van der Waals surface area contributed by atoms with Gasteiger partial charge in [-0.2, -0.15) is 5.10 Å². The summed E-state index contributed by atoms with van der Waals surface area (Å²) in [6.45, 7) is 10.1. The van der Waals surface area contributed by atoms with Gasteiger partial charge in [-0.15, -0.1) is 0 Å². The molecule has 0 radical (unpaired) electrons. The average molecular weight is 539 g/mol. The molecule has 3 aromatic heterocycles. The number of ether oxygens (including phenoxy) is 2. The van der Waals surface area contributed by atoms with Gasteiger partial charge >= 0.3 is 12.1 Å². The number of anilines is 1. The van der Waals surface area contributed by atoms with E-state index >= 15 is 0 Å². The van der Waals surface area contributed by atoms with E-state index in [9.17, 15) is 14.0 Å². The summed E-state index contributed by atoms with van der Waals surface area (Å²) in [5.74, 6) is 0.195. The fourth-order valence-electron chi connectivity index (χ4n) is 5.61. The topological polar surface area (TPSA) is 111 Å². The van der Waals surface area contributed by atoms with Crippen LogP contribution in [0, 0.1) is 11.7 Å². The molecule has 3 aromatic rings. The van der Waals surface area contributed by atoms with Gasteiger partial charge in [-0.05, 0) is 78.4 Å². The van der Waals surface area contributed by atoms with Crippen molar-refractivity contribution >= 4 is 23.5 Å². The molecule has 1 saturated heterocycles. The Morgan fingerprint density at radius 2 is 2.10 bits per heavy atom. The number of fused-ring (bicyclic) bond motifs is 2. The first-order valence-corrected chi connectivity index (χ1v) is 13.5. The second-order valence-electron chi connectivity index (χ2n) is 11.3. The molecule has 0 spiro atoms. The number of esters is 1. The zero-order valence-electron chi connectivity index (χ0n) is 23.0. The monoisotopic (exact) mass is 538 g/mol. The number of alkyl carbamates (subject to hydrolysis) is 1. The van der Waals surface area contributed by atoms with Gasteiger partial charge in [-0.25, -0.2) is 23.5 Å². The van der Waals surface area contributed by atoms with Gasteiger partial charge in [0, 0.05) is 30.0 Å². The second-order valence-corrected chi connectivity index (χ2v) is 11.3. The maximum atomic E-state index is 14.6. The first-order valence-electron chi connectivity index (χ1n) is 13.5. The van der Waals surface area contributed by atoms with Crippen LogP contribution in [0.1, 0.15) is 75.5 Å². The molecule has 0 aromatic carbocycles. The number of carbonyl (C=O) groups excluding carboxylic acids is 2. The first-order chi connectivity index (χ1) is 18.5. The molecule has 2 aliphatic rings. The predicted molar refractivity (Wildman–Crippen MR) is 142 cm³/mol. The fourth-order valence-corrected chi connectivity index (χ4v) is 5.61. The van der Waals surface area contributed by atoms with E-state index in [-0.39, 0.29) is 18.5 Å². The van der Waals surface area contributed by atoms with E-state index in [0.717, 1.165) is 30.6 Å². The number of pyridine rings is 1. The summed E-state index contributed by atoms with van der Waals surface area (Å²) >= 11 is 0. The zero-order chi connectivity index (χ0) is 27.9. The quantitative estimate of drug-likeness (QED) is 0.420. The van der Waals surface area contributed by atoms with Gasteiger partial charge in [-0.1, -0.05) is 0 Å². The third-order valence-corrected chi connectivity index (χ3v) is 7.36. The molecule has 0 bridgehead atoms. The molecule has 1 amide bonds. The molecule has 3 unspecified atom stereocenters. The standard InChI is InChI=1S/C28H35FN6O4/c1-6-38-25(36)20-16-31-35-12-10-23(33-24(20)35)34-11-9-18-14-28(18,34)21-13-19(29)15-30-22(21)8-7-17(2)32-26(37)39-27(3,4)5/h10,12-13,15-18H,6-9,11,14H2,1-5H3,(H,32,37). The van der Waals surface area contributed by atoms with Crippen molar-refractivity contribution in [3.63, 3.8) is 0 Å². The van der Waals surface area contributed by atoms with Gasteiger partial charge in [-0.3, -0.25) is 4.98 Å². The highest BCUT2D eigenvalue weighted by molar-refractivity contribution is 5.95. The molecule has 3 atom stereocenters. The summed E-state index contributed by atoms with van der Waals surface area (Å²) in [6, 6.07) is 3.31. The number of aromatic nitrogens is 4. The van der Waals surface area contributed by atoms with Crippen molar-refractivity contribution in [2.75, 3.05) is 18.1 Å². The summed E-state index contributed by atoms with van der Waals surface area (Å²) in [5, 5.41) is 7.11. The Morgan fingerprint density at radius 1 is 1.31 bits per heavy atom. The minimum atomic E-state index is -0.577. The predicted octanol–water partition coefficient (Wildman–Crippen LogP) is 4.41. The first kappa shape index (κ1) is 26.8. The maximum Gasteiger partial charge on any atom is 0.407 e. The normalized spacial score (nSPS) is 21.0. The fraction of sp³-hybridized carbons (Fsp3) is 0.536. The lowest BCUT2D eigenvalue weighted by atomic mass is 9.96. The van der Waals surface area contributed by atoms with Gasteiger partial charge < -0.3 is 19.7 Å². The van der Waals surface area contributed by atoms with Crippen LogP contribution in [0.4, 0.5) is 15.0 Å². The average Bonchev–Trinajstić information content (AvgIpc) is 3.24. The van der Waals surface area contributed by atoms with Crippen LogP contribution >= 0.6 is 0 Å². The molecule has 208 valence electrons. The Morgan fingerprint density at radius 3 is 2.82 bits per heavy atom. The van der Waals surface area contributed by atoms with Crippen LogP contribution in [0.2, 0.25) is 0 Å². The van der Waals surface area contributed by atoms with Gasteiger partial charge in [0.1, 0.15) is 22.8 Å². The highest BCUT2D eigenvalue weighted by Gasteiger charge is 2.64. The third-order valence-electron chi connectivity index (χ3n) is 7.36. The number of aryl methyl sites for hydroxylation is 1. The number of rotatable bonds is 8. The number of hydrogen-bond acceptors (Lipinski definition) is 8. The summed E-state index contributed by atoms with van der Waals surface area (Å²) in [5.41, 5.74) is 1.40. The number of nitrogens with one attached hydrogen (secondary N) is 1. The smallest absolute Gasteiger partial charge is 0.407 e. The van der Waals surface area contributed by atoms with Crippen LogP contribution in [-0.2, 0) is 21.4 Å². The van der Waals surface area contributed by atoms with Crippen LogP contribution in [0.25, 0.3) is 5.65 Å². The Bertz CT molecular complexity index is 1400. The molecule has 2 fully saturated rings. The van der Waals surface area contributed by atoms with Gasteiger partial charge in [0.25, 0.3) is 0 Å². The number of piperidine rings is 1. The van der Waals surface area contributed by atoms with Crippen LogP contribution in [0.3, 0.4) is 0 Å². The Hall–Kier alpha value is -3.76. The molecule has 1 N–H and O–H groups in total. The van der Waals surface area contributed by atoms with Crippen molar-refractivity contribution in [1.29, 1.82) is 0 Å². The van der Waals surface area contributed by atoms with Crippen molar-refractivity contribution in [3.05, 3.63) is 53.4 Å². The highest BCUT2D eigenvalue weighted by atomic mass is 19.1. The lowest BCUT2D eigenvalue weighted by molar-refractivity contribution is 0.0502. The molecule has 1 aliphatic carbocycles. The van der Waals surface area contributed by atoms with Crippen molar-refractivity contribution in [2.24, 2.45) is 5.92 Å². The SMILES string of the molecule is CCOC(=O)c1cnn2ccc(N3CCC4CC43c3cc(F)cnc3CCC(C)NC(=O)OC(C)(C)C)nc12. The molecule has 1 saturated carbocycles. The van der Waals surface area contributed by atoms with E-state index < -0.39 is 23.2 Å². The van der Waals surface area contributed by atoms with Gasteiger partial charge in [0.15, 0.2) is 5.65 Å². The van der Waals surface area contributed by atoms with E-state index in [4.69, 9.17) is 14.5 Å². The number of halogens is 1. The van der Waals surface area contributed by atoms with Crippen molar-refractivity contribution in [3.8, 4) is 0 Å². The molecule has 4 heterocycles. The van der Waals surface area contributed by atoms with E-state index in [2.05, 4.69) is 20.3 Å². The Kier molecular flexibility index (Phi) is 6.94. The summed E-state index contributed by atoms with van der Waals surface area (Å²) in [4.78, 5) is 36.1. The van der Waals surface area contributed by atoms with E-state index in [0.29, 0.717) is 35.8 Å². The summed E-state index contributed by atoms with van der Waals surface area (Å²) in [6.07, 6.45) is 7.03. The lowest BCUT2D eigenvalue weighted by Gasteiger charge is -2.31. The Labute approximate surface area is 226 Å². The minimum Gasteiger partial charge on any atom is -0.462 e. The van der Waals surface area contributed by atoms with Crippen LogP contribution in [-0.4, -0.2) is 56.4 Å². The van der Waals surface area contributed by atoms with Crippen LogP contribution in [0.5, 0.6) is 0 Å². The van der Waals surface area contributed by atoms with Crippen molar-refractivity contribution in [2.45, 2.75) is 77.5 Å². The summed E-state index contributed by atoms with van der Waals surface area (Å²) < 4.78 is 26.7. The number of nitrogens with zero attached hydrogens (tertiary/aromatic N) is 5. The van der Waals surface area contributed by atoms with Crippen LogP contribution in [0.15, 0.2) is 30.7 Å². The molecular formula is C28H35FN6O4. The number of hydrogen-bond donors (Lipinski definition) is 1. The second kappa shape index (κ2) is 10.1. The minimum absolute atomic E-state index is 0.154. The Balaban J connectivity index is 1.40. The van der Waals surface area contributed by atoms with E-state index in [1.54, 1.807) is 23.7 Å². The van der Waals surface area contributed by atoms with Crippen molar-refractivity contribution < 1.29 is 23.5 Å². The largest absolute Gasteiger partial charge is 0.462 e. The number of amides is 1. The van der Waals surface area contributed by atoms with E-state index in [1.807, 2.05) is 33.8 Å². The number of carbonyl (C=O) groups is 2. The van der Waals surface area contributed by atoms with Gasteiger partial charge in [0.2, 0.25) is 0 Å². The highest BCUT2D eigenvalue weighted by Crippen LogP contribution is 2.63. The third kappa shape index (κ3) is 5.26. The molecular weight excluding hydrogens is 503 g/mol. The van der Waals surface area contributed by atoms with E-state index in [1.165, 1.54) is 12.4 Å². The summed E-state index contributed by atoms with van der Waals surface area (Å²) in [7, 11) is 0. The van der Waals surface area contributed by atoms with Gasteiger partial charge in [0.05, 0.1) is 24.5 Å². The lowest BCUT2D eigenvalue weighted by Crippen LogP contribution is -2.38. The molecule has 39 heavy (non-hydrogen) atoms. The maximum absolute atomic E-state index is 14.6. The molecule has 11 heteroatoms. The molecule has 10 nitrogen and oxygen atoms in total. The van der Waals surface area contributed by atoms with Crippen LogP contribution < -0.4 is 10.2 Å². The zero-order valence-corrected chi connectivity index (χ0v) is 23.0.